The fraction of sp³-hybridized carbons (Fsp3) is 0.412. The van der Waals surface area contributed by atoms with Crippen LogP contribution in [0, 0.1) is 0 Å². The van der Waals surface area contributed by atoms with Gasteiger partial charge in [-0.05, 0) is 32.3 Å². The molecule has 0 spiro atoms. The molecule has 1 aromatic heterocycles. The number of benzene rings is 1. The first-order valence-corrected chi connectivity index (χ1v) is 7.75. The summed E-state index contributed by atoms with van der Waals surface area (Å²) in [6, 6.07) is 7.06. The monoisotopic (exact) mass is 300 g/mol. The smallest absolute Gasteiger partial charge is 0.326 e. The zero-order valence-electron chi connectivity index (χ0n) is 12.7. The van der Waals surface area contributed by atoms with Crippen LogP contribution in [-0.2, 0) is 11.3 Å². The summed E-state index contributed by atoms with van der Waals surface area (Å²) in [6.45, 7) is 3.32. The van der Waals surface area contributed by atoms with Gasteiger partial charge in [-0.1, -0.05) is 18.2 Å². The van der Waals surface area contributed by atoms with Crippen molar-refractivity contribution in [1.82, 2.24) is 9.47 Å². The third kappa shape index (κ3) is 2.36. The molecule has 0 aliphatic carbocycles. The number of aliphatic carboxylic acids is 1. The van der Waals surface area contributed by atoms with E-state index < -0.39 is 12.0 Å². The summed E-state index contributed by atoms with van der Waals surface area (Å²) in [5.41, 5.74) is 1.61. The van der Waals surface area contributed by atoms with Crippen LogP contribution in [0.5, 0.6) is 0 Å². The van der Waals surface area contributed by atoms with E-state index in [1.54, 1.807) is 0 Å². The summed E-state index contributed by atoms with van der Waals surface area (Å²) in [5, 5.41) is 10.3. The Kier molecular flexibility index (Phi) is 3.88. The van der Waals surface area contributed by atoms with Crippen molar-refractivity contribution in [2.24, 2.45) is 0 Å². The zero-order chi connectivity index (χ0) is 15.7. The van der Waals surface area contributed by atoms with Crippen LogP contribution in [0.2, 0.25) is 0 Å². The van der Waals surface area contributed by atoms with Crippen LogP contribution in [0.1, 0.15) is 36.5 Å². The fourth-order valence-electron chi connectivity index (χ4n) is 3.26. The number of carboxylic acid groups (broad SMARTS) is 1. The predicted octanol–water partition coefficient (Wildman–Crippen LogP) is 2.74. The number of aromatic nitrogens is 1. The predicted molar refractivity (Wildman–Crippen MR) is 83.9 cm³/mol. The first-order valence-electron chi connectivity index (χ1n) is 7.75. The maximum Gasteiger partial charge on any atom is 0.326 e. The number of carboxylic acids is 1. The number of carbonyl (C=O) groups excluding carboxylic acids is 1. The summed E-state index contributed by atoms with van der Waals surface area (Å²) in [6.07, 6.45) is 4.10. The van der Waals surface area contributed by atoms with Crippen LogP contribution < -0.4 is 0 Å². The van der Waals surface area contributed by atoms with Crippen molar-refractivity contribution in [3.8, 4) is 0 Å². The Hall–Kier alpha value is -2.30. The van der Waals surface area contributed by atoms with Crippen LogP contribution in [0.3, 0.4) is 0 Å². The lowest BCUT2D eigenvalue weighted by Crippen LogP contribution is -2.47. The minimum atomic E-state index is -0.910. The van der Waals surface area contributed by atoms with Gasteiger partial charge < -0.3 is 14.6 Å². The summed E-state index contributed by atoms with van der Waals surface area (Å²) in [4.78, 5) is 25.9. The normalized spacial score (nSPS) is 18.6. The highest BCUT2D eigenvalue weighted by Crippen LogP contribution is 2.26. The number of hydrogen-bond acceptors (Lipinski definition) is 2. The molecule has 116 valence electrons. The largest absolute Gasteiger partial charge is 0.480 e. The van der Waals surface area contributed by atoms with Crippen LogP contribution in [0.25, 0.3) is 10.9 Å². The van der Waals surface area contributed by atoms with Gasteiger partial charge in [-0.25, -0.2) is 4.79 Å². The Labute approximate surface area is 129 Å². The molecule has 3 rings (SSSR count). The standard InChI is InChI=1S/C17H20N2O3/c1-2-18-11-13(12-7-3-4-8-14(12)18)16(20)19-10-6-5-9-15(19)17(21)22/h3-4,7-8,11,15H,2,5-6,9-10H2,1H3,(H,21,22). The third-order valence-corrected chi connectivity index (χ3v) is 4.41. The van der Waals surface area contributed by atoms with Crippen molar-refractivity contribution >= 4 is 22.8 Å². The lowest BCUT2D eigenvalue weighted by molar-refractivity contribution is -0.143. The molecular formula is C17H20N2O3. The molecule has 5 nitrogen and oxygen atoms in total. The van der Waals surface area contributed by atoms with Gasteiger partial charge in [-0.15, -0.1) is 0 Å². The van der Waals surface area contributed by atoms with Crippen LogP contribution in [0.15, 0.2) is 30.5 Å². The molecule has 1 unspecified atom stereocenters. The molecule has 1 aromatic carbocycles. The maximum absolute atomic E-state index is 12.9. The number of aryl methyl sites for hydroxylation is 1. The second kappa shape index (κ2) is 5.83. The van der Waals surface area contributed by atoms with E-state index in [-0.39, 0.29) is 5.91 Å². The minimum Gasteiger partial charge on any atom is -0.480 e. The molecular weight excluding hydrogens is 280 g/mol. The number of carbonyl (C=O) groups is 2. The average molecular weight is 300 g/mol. The van der Waals surface area contributed by atoms with Crippen molar-refractivity contribution in [1.29, 1.82) is 0 Å². The molecule has 1 aliphatic heterocycles. The molecule has 5 heteroatoms. The molecule has 22 heavy (non-hydrogen) atoms. The molecule has 0 saturated carbocycles. The van der Waals surface area contributed by atoms with Crippen molar-refractivity contribution in [3.63, 3.8) is 0 Å². The van der Waals surface area contributed by atoms with E-state index in [1.165, 1.54) is 4.90 Å². The summed E-state index contributed by atoms with van der Waals surface area (Å²) < 4.78 is 2.03. The van der Waals surface area contributed by atoms with Crippen molar-refractivity contribution in [3.05, 3.63) is 36.0 Å². The van der Waals surface area contributed by atoms with Crippen molar-refractivity contribution in [2.75, 3.05) is 6.54 Å². The summed E-state index contributed by atoms with van der Waals surface area (Å²) in [7, 11) is 0. The van der Waals surface area contributed by atoms with Gasteiger partial charge in [0, 0.05) is 30.2 Å². The molecule has 1 amide bonds. The second-order valence-corrected chi connectivity index (χ2v) is 5.69. The highest BCUT2D eigenvalue weighted by molar-refractivity contribution is 6.08. The average Bonchev–Trinajstić information content (AvgIpc) is 2.93. The van der Waals surface area contributed by atoms with Gasteiger partial charge in [0.2, 0.25) is 0 Å². The molecule has 0 radical (unpaired) electrons. The number of hydrogen-bond donors (Lipinski definition) is 1. The van der Waals surface area contributed by atoms with Crippen LogP contribution in [0.4, 0.5) is 0 Å². The molecule has 1 atom stereocenters. The van der Waals surface area contributed by atoms with Gasteiger partial charge in [0.1, 0.15) is 6.04 Å². The van der Waals surface area contributed by atoms with E-state index in [9.17, 15) is 14.7 Å². The zero-order valence-corrected chi connectivity index (χ0v) is 12.7. The number of rotatable bonds is 3. The molecule has 1 N–H and O–H groups in total. The molecule has 1 saturated heterocycles. The van der Waals surface area contributed by atoms with E-state index in [0.717, 1.165) is 30.3 Å². The first kappa shape index (κ1) is 14.6. The number of piperidine rings is 1. The second-order valence-electron chi connectivity index (χ2n) is 5.69. The van der Waals surface area contributed by atoms with Crippen molar-refractivity contribution in [2.45, 2.75) is 38.8 Å². The number of nitrogens with zero attached hydrogens (tertiary/aromatic N) is 2. The Balaban J connectivity index is 2.03. The number of para-hydroxylation sites is 1. The highest BCUT2D eigenvalue weighted by Gasteiger charge is 2.33. The van der Waals surface area contributed by atoms with E-state index >= 15 is 0 Å². The van der Waals surface area contributed by atoms with Crippen molar-refractivity contribution < 1.29 is 14.7 Å². The SMILES string of the molecule is CCn1cc(C(=O)N2CCCCC2C(=O)O)c2ccccc21. The summed E-state index contributed by atoms with van der Waals surface area (Å²) in [5.74, 6) is -1.08. The van der Waals surface area contributed by atoms with Gasteiger partial charge in [0.15, 0.2) is 0 Å². The number of likely N-dealkylation sites (tertiary alicyclic amines) is 1. The lowest BCUT2D eigenvalue weighted by Gasteiger charge is -2.32. The Morgan fingerprint density at radius 2 is 2.05 bits per heavy atom. The number of amides is 1. The Bertz CT molecular complexity index is 720. The van der Waals surface area contributed by atoms with Gasteiger partial charge in [-0.3, -0.25) is 4.79 Å². The highest BCUT2D eigenvalue weighted by atomic mass is 16.4. The third-order valence-electron chi connectivity index (χ3n) is 4.41. The topological polar surface area (TPSA) is 62.5 Å². The molecule has 1 fully saturated rings. The fourth-order valence-corrected chi connectivity index (χ4v) is 3.26. The van der Waals surface area contributed by atoms with Gasteiger partial charge in [0.25, 0.3) is 5.91 Å². The first-order chi connectivity index (χ1) is 10.6. The number of fused-ring (bicyclic) bond motifs is 1. The molecule has 1 aliphatic rings. The van der Waals surface area contributed by atoms with Crippen LogP contribution >= 0.6 is 0 Å². The van der Waals surface area contributed by atoms with Gasteiger partial charge >= 0.3 is 5.97 Å². The Morgan fingerprint density at radius 3 is 2.77 bits per heavy atom. The quantitative estimate of drug-likeness (QED) is 0.948. The van der Waals surface area contributed by atoms with E-state index in [0.29, 0.717) is 18.5 Å². The Morgan fingerprint density at radius 1 is 1.27 bits per heavy atom. The van der Waals surface area contributed by atoms with Gasteiger partial charge in [-0.2, -0.15) is 0 Å². The minimum absolute atomic E-state index is 0.171. The lowest BCUT2D eigenvalue weighted by atomic mass is 10.0. The molecule has 0 bridgehead atoms. The maximum atomic E-state index is 12.9. The van der Waals surface area contributed by atoms with Gasteiger partial charge in [0.05, 0.1) is 5.56 Å². The molecule has 2 aromatic rings. The molecule has 2 heterocycles. The van der Waals surface area contributed by atoms with E-state index in [1.807, 2.05) is 42.0 Å². The van der Waals surface area contributed by atoms with E-state index in [4.69, 9.17) is 0 Å². The van der Waals surface area contributed by atoms with Crippen LogP contribution in [-0.4, -0.2) is 39.0 Å². The summed E-state index contributed by atoms with van der Waals surface area (Å²) >= 11 is 0. The van der Waals surface area contributed by atoms with E-state index in [2.05, 4.69) is 0 Å².